The van der Waals surface area contributed by atoms with Crippen LogP contribution in [0.1, 0.15) is 32.4 Å². The fraction of sp³-hybridized carbons (Fsp3) is 0.500. The maximum Gasteiger partial charge on any atom is 0.242 e. The van der Waals surface area contributed by atoms with Crippen molar-refractivity contribution in [2.75, 3.05) is 14.1 Å². The topological polar surface area (TPSA) is 32.3 Å². The molecule has 1 aromatic rings. The van der Waals surface area contributed by atoms with Gasteiger partial charge in [-0.2, -0.15) is 0 Å². The van der Waals surface area contributed by atoms with Gasteiger partial charge < -0.3 is 10.2 Å². The minimum Gasteiger partial charge on any atom is -0.337 e. The minimum atomic E-state index is -0.568. The lowest BCUT2D eigenvalue weighted by molar-refractivity contribution is -0.137. The van der Waals surface area contributed by atoms with Crippen LogP contribution in [-0.2, 0) is 4.79 Å². The maximum atomic E-state index is 12.3. The molecule has 0 spiro atoms. The van der Waals surface area contributed by atoms with Gasteiger partial charge in [-0.05, 0) is 45.5 Å². The molecule has 1 aromatic carbocycles. The number of hydrogen-bond acceptors (Lipinski definition) is 2. The monoisotopic (exact) mass is 268 g/mol. The molecule has 100 valence electrons. The average molecular weight is 269 g/mol. The van der Waals surface area contributed by atoms with Gasteiger partial charge in [0.2, 0.25) is 5.91 Å². The molecule has 1 unspecified atom stereocenters. The standard InChI is InChI=1S/C14H21ClN2O/c1-10(11-7-6-8-12(15)9-11)17(5)13(18)14(2,3)16-4/h6-10,16H,1-5H3. The van der Waals surface area contributed by atoms with Crippen LogP contribution in [0.4, 0.5) is 0 Å². The summed E-state index contributed by atoms with van der Waals surface area (Å²) >= 11 is 5.97. The first kappa shape index (κ1) is 15.0. The predicted molar refractivity (Wildman–Crippen MR) is 75.8 cm³/mol. The molecule has 1 atom stereocenters. The summed E-state index contributed by atoms with van der Waals surface area (Å²) in [5.74, 6) is 0.0532. The van der Waals surface area contributed by atoms with E-state index in [9.17, 15) is 4.79 Å². The first-order valence-electron chi connectivity index (χ1n) is 6.01. The molecule has 1 amide bonds. The first-order chi connectivity index (χ1) is 8.29. The zero-order chi connectivity index (χ0) is 13.9. The van der Waals surface area contributed by atoms with E-state index in [1.807, 2.05) is 52.1 Å². The molecule has 0 heterocycles. The SMILES string of the molecule is CNC(C)(C)C(=O)N(C)C(C)c1cccc(Cl)c1. The summed E-state index contributed by atoms with van der Waals surface area (Å²) in [6.45, 7) is 5.74. The lowest BCUT2D eigenvalue weighted by Gasteiger charge is -2.33. The van der Waals surface area contributed by atoms with Gasteiger partial charge in [0.25, 0.3) is 0 Å². The van der Waals surface area contributed by atoms with Gasteiger partial charge in [0.15, 0.2) is 0 Å². The van der Waals surface area contributed by atoms with Crippen molar-refractivity contribution < 1.29 is 4.79 Å². The zero-order valence-corrected chi connectivity index (χ0v) is 12.4. The number of amides is 1. The highest BCUT2D eigenvalue weighted by Crippen LogP contribution is 2.23. The molecule has 3 nitrogen and oxygen atoms in total. The molecule has 0 aliphatic heterocycles. The van der Waals surface area contributed by atoms with E-state index in [0.29, 0.717) is 5.02 Å². The minimum absolute atomic E-state index is 0.0103. The molecule has 1 rings (SSSR count). The van der Waals surface area contributed by atoms with Crippen molar-refractivity contribution in [1.82, 2.24) is 10.2 Å². The second-order valence-electron chi connectivity index (χ2n) is 5.02. The van der Waals surface area contributed by atoms with E-state index < -0.39 is 5.54 Å². The molecule has 0 saturated heterocycles. The molecule has 0 radical (unpaired) electrons. The third-order valence-corrected chi connectivity index (χ3v) is 3.63. The van der Waals surface area contributed by atoms with Crippen LogP contribution in [0.25, 0.3) is 0 Å². The van der Waals surface area contributed by atoms with Gasteiger partial charge in [0, 0.05) is 12.1 Å². The molecule has 0 bridgehead atoms. The zero-order valence-electron chi connectivity index (χ0n) is 11.6. The van der Waals surface area contributed by atoms with Crippen LogP contribution in [0.15, 0.2) is 24.3 Å². The summed E-state index contributed by atoms with van der Waals surface area (Å²) < 4.78 is 0. The van der Waals surface area contributed by atoms with Crippen molar-refractivity contribution in [3.05, 3.63) is 34.9 Å². The van der Waals surface area contributed by atoms with E-state index >= 15 is 0 Å². The molecule has 0 aliphatic rings. The van der Waals surface area contributed by atoms with Crippen molar-refractivity contribution in [3.63, 3.8) is 0 Å². The fourth-order valence-electron chi connectivity index (χ4n) is 1.71. The molecule has 0 saturated carbocycles. The molecule has 0 aromatic heterocycles. The lowest BCUT2D eigenvalue weighted by Crippen LogP contribution is -2.52. The van der Waals surface area contributed by atoms with Crippen molar-refractivity contribution in [1.29, 1.82) is 0 Å². The Morgan fingerprint density at radius 3 is 2.56 bits per heavy atom. The Morgan fingerprint density at radius 1 is 1.44 bits per heavy atom. The highest BCUT2D eigenvalue weighted by atomic mass is 35.5. The normalized spacial score (nSPS) is 13.2. The highest BCUT2D eigenvalue weighted by Gasteiger charge is 2.30. The van der Waals surface area contributed by atoms with Crippen LogP contribution in [0, 0.1) is 0 Å². The van der Waals surface area contributed by atoms with Crippen LogP contribution < -0.4 is 5.32 Å². The molecule has 1 N–H and O–H groups in total. The Morgan fingerprint density at radius 2 is 2.06 bits per heavy atom. The van der Waals surface area contributed by atoms with E-state index in [1.165, 1.54) is 0 Å². The fourth-order valence-corrected chi connectivity index (χ4v) is 1.91. The smallest absolute Gasteiger partial charge is 0.242 e. The van der Waals surface area contributed by atoms with Crippen LogP contribution in [0.5, 0.6) is 0 Å². The number of benzene rings is 1. The predicted octanol–water partition coefficient (Wildman–Crippen LogP) is 2.86. The van der Waals surface area contributed by atoms with Crippen molar-refractivity contribution in [2.24, 2.45) is 0 Å². The summed E-state index contributed by atoms with van der Waals surface area (Å²) in [5, 5.41) is 3.71. The number of hydrogen-bond donors (Lipinski definition) is 1. The van der Waals surface area contributed by atoms with Crippen molar-refractivity contribution in [3.8, 4) is 0 Å². The van der Waals surface area contributed by atoms with Gasteiger partial charge in [-0.1, -0.05) is 23.7 Å². The number of halogens is 1. The quantitative estimate of drug-likeness (QED) is 0.911. The van der Waals surface area contributed by atoms with Gasteiger partial charge in [-0.15, -0.1) is 0 Å². The molecular formula is C14H21ClN2O. The number of nitrogens with one attached hydrogen (secondary N) is 1. The number of likely N-dealkylation sites (N-methyl/N-ethyl adjacent to an activating group) is 2. The van der Waals surface area contributed by atoms with Gasteiger partial charge in [-0.25, -0.2) is 0 Å². The highest BCUT2D eigenvalue weighted by molar-refractivity contribution is 6.30. The van der Waals surface area contributed by atoms with Gasteiger partial charge in [0.05, 0.1) is 11.6 Å². The molecule has 18 heavy (non-hydrogen) atoms. The number of nitrogens with zero attached hydrogens (tertiary/aromatic N) is 1. The number of carbonyl (C=O) groups excluding carboxylic acids is 1. The van der Waals surface area contributed by atoms with Crippen LogP contribution in [0.2, 0.25) is 5.02 Å². The molecule has 0 fully saturated rings. The van der Waals surface area contributed by atoms with Crippen LogP contribution >= 0.6 is 11.6 Å². The third-order valence-electron chi connectivity index (χ3n) is 3.39. The lowest BCUT2D eigenvalue weighted by atomic mass is 10.0. The van der Waals surface area contributed by atoms with E-state index in [0.717, 1.165) is 5.56 Å². The molecular weight excluding hydrogens is 248 g/mol. The largest absolute Gasteiger partial charge is 0.337 e. The van der Waals surface area contributed by atoms with Crippen LogP contribution in [0.3, 0.4) is 0 Å². The maximum absolute atomic E-state index is 12.3. The summed E-state index contributed by atoms with van der Waals surface area (Å²) in [7, 11) is 3.60. The molecule has 4 heteroatoms. The number of carbonyl (C=O) groups is 1. The van der Waals surface area contributed by atoms with E-state index in [1.54, 1.807) is 11.9 Å². The third kappa shape index (κ3) is 3.24. The van der Waals surface area contributed by atoms with E-state index in [-0.39, 0.29) is 11.9 Å². The Kier molecular flexibility index (Phi) is 4.77. The van der Waals surface area contributed by atoms with E-state index in [2.05, 4.69) is 5.32 Å². The Hall–Kier alpha value is -1.06. The second kappa shape index (κ2) is 5.72. The summed E-state index contributed by atoms with van der Waals surface area (Å²) in [6, 6.07) is 7.59. The number of rotatable bonds is 4. The van der Waals surface area contributed by atoms with Crippen LogP contribution in [-0.4, -0.2) is 30.4 Å². The van der Waals surface area contributed by atoms with Gasteiger partial charge >= 0.3 is 0 Å². The van der Waals surface area contributed by atoms with Gasteiger partial charge in [0.1, 0.15) is 0 Å². The first-order valence-corrected chi connectivity index (χ1v) is 6.39. The summed E-state index contributed by atoms with van der Waals surface area (Å²) in [4.78, 5) is 14.1. The Balaban J connectivity index is 2.91. The average Bonchev–Trinajstić information content (AvgIpc) is 2.36. The van der Waals surface area contributed by atoms with Crippen molar-refractivity contribution in [2.45, 2.75) is 32.4 Å². The summed E-state index contributed by atoms with van der Waals surface area (Å²) in [6.07, 6.45) is 0. The van der Waals surface area contributed by atoms with Gasteiger partial charge in [-0.3, -0.25) is 4.79 Å². The molecule has 0 aliphatic carbocycles. The second-order valence-corrected chi connectivity index (χ2v) is 5.46. The van der Waals surface area contributed by atoms with Crippen molar-refractivity contribution >= 4 is 17.5 Å². The summed E-state index contributed by atoms with van der Waals surface area (Å²) in [5.41, 5.74) is 0.465. The van der Waals surface area contributed by atoms with E-state index in [4.69, 9.17) is 11.6 Å². The Labute approximate surface area is 114 Å². The Bertz CT molecular complexity index is 432.